The van der Waals surface area contributed by atoms with Crippen LogP contribution in [0.4, 0.5) is 5.69 Å². The van der Waals surface area contributed by atoms with Crippen LogP contribution in [-0.4, -0.2) is 38.9 Å². The monoisotopic (exact) mass is 331 g/mol. The van der Waals surface area contributed by atoms with Crippen molar-refractivity contribution in [3.05, 3.63) is 48.5 Å². The maximum absolute atomic E-state index is 12.7. The predicted octanol–water partition coefficient (Wildman–Crippen LogP) is 1.92. The van der Waals surface area contributed by atoms with Gasteiger partial charge in [-0.2, -0.15) is 4.31 Å². The minimum atomic E-state index is -3.43. The summed E-state index contributed by atoms with van der Waals surface area (Å²) in [6.45, 7) is 2.62. The highest BCUT2D eigenvalue weighted by Crippen LogP contribution is 2.27. The number of anilines is 1. The Morgan fingerprint density at radius 2 is 1.70 bits per heavy atom. The molecule has 0 unspecified atom stereocenters. The van der Waals surface area contributed by atoms with Gasteiger partial charge in [-0.25, -0.2) is 8.42 Å². The summed E-state index contributed by atoms with van der Waals surface area (Å²) in [7, 11) is -3.43. The van der Waals surface area contributed by atoms with E-state index in [2.05, 4.69) is 5.32 Å². The fraction of sp³-hybridized carbons (Fsp3) is 0.294. The van der Waals surface area contributed by atoms with Gasteiger partial charge in [0.1, 0.15) is 0 Å². The van der Waals surface area contributed by atoms with Crippen LogP contribution >= 0.6 is 0 Å². The van der Waals surface area contributed by atoms with Crippen molar-refractivity contribution >= 4 is 15.7 Å². The van der Waals surface area contributed by atoms with Gasteiger partial charge in [-0.1, -0.05) is 30.3 Å². The van der Waals surface area contributed by atoms with Gasteiger partial charge in [-0.05, 0) is 36.7 Å². The molecule has 3 N–H and O–H groups in total. The Hall–Kier alpha value is -1.89. The third-order valence-corrected chi connectivity index (χ3v) is 5.98. The average molecular weight is 331 g/mol. The molecular weight excluding hydrogens is 310 g/mol. The number of rotatable bonds is 3. The van der Waals surface area contributed by atoms with Crippen molar-refractivity contribution in [2.75, 3.05) is 31.9 Å². The zero-order valence-electron chi connectivity index (χ0n) is 12.9. The van der Waals surface area contributed by atoms with Crippen molar-refractivity contribution in [3.63, 3.8) is 0 Å². The Labute approximate surface area is 137 Å². The summed E-state index contributed by atoms with van der Waals surface area (Å²) in [6, 6.07) is 14.5. The third-order valence-electron chi connectivity index (χ3n) is 4.06. The Morgan fingerprint density at radius 3 is 2.43 bits per heavy atom. The van der Waals surface area contributed by atoms with Crippen LogP contribution < -0.4 is 11.1 Å². The molecule has 3 rings (SSSR count). The number of hydrogen-bond donors (Lipinski definition) is 2. The highest BCUT2D eigenvalue weighted by molar-refractivity contribution is 7.89. The van der Waals surface area contributed by atoms with Crippen LogP contribution in [0.3, 0.4) is 0 Å². The molecule has 0 aromatic heterocycles. The van der Waals surface area contributed by atoms with Gasteiger partial charge in [0.25, 0.3) is 0 Å². The van der Waals surface area contributed by atoms with E-state index in [9.17, 15) is 8.42 Å². The third kappa shape index (κ3) is 3.39. The first-order valence-corrected chi connectivity index (χ1v) is 9.19. The summed E-state index contributed by atoms with van der Waals surface area (Å²) < 4.78 is 27.0. The van der Waals surface area contributed by atoms with Gasteiger partial charge in [-0.15, -0.1) is 0 Å². The predicted molar refractivity (Wildman–Crippen MR) is 92.5 cm³/mol. The molecule has 0 aliphatic carbocycles. The maximum atomic E-state index is 12.7. The molecule has 2 aromatic rings. The van der Waals surface area contributed by atoms with Gasteiger partial charge in [0, 0.05) is 30.9 Å². The highest BCUT2D eigenvalue weighted by atomic mass is 32.2. The molecule has 122 valence electrons. The van der Waals surface area contributed by atoms with Crippen molar-refractivity contribution in [2.45, 2.75) is 11.3 Å². The topological polar surface area (TPSA) is 75.4 Å². The molecule has 23 heavy (non-hydrogen) atoms. The second kappa shape index (κ2) is 6.70. The molecule has 1 heterocycles. The van der Waals surface area contributed by atoms with Gasteiger partial charge in [-0.3, -0.25) is 0 Å². The molecule has 0 saturated carbocycles. The number of nitrogen functional groups attached to an aromatic ring is 1. The molecule has 6 heteroatoms. The fourth-order valence-electron chi connectivity index (χ4n) is 2.78. The van der Waals surface area contributed by atoms with Gasteiger partial charge >= 0.3 is 0 Å². The molecule has 0 atom stereocenters. The summed E-state index contributed by atoms with van der Waals surface area (Å²) in [5.41, 5.74) is 8.49. The van der Waals surface area contributed by atoms with Crippen molar-refractivity contribution in [3.8, 4) is 11.1 Å². The minimum Gasteiger partial charge on any atom is -0.398 e. The van der Waals surface area contributed by atoms with Crippen LogP contribution in [0.25, 0.3) is 11.1 Å². The van der Waals surface area contributed by atoms with Gasteiger partial charge in [0.2, 0.25) is 10.0 Å². The lowest BCUT2D eigenvalue weighted by molar-refractivity contribution is 0.432. The largest absolute Gasteiger partial charge is 0.398 e. The smallest absolute Gasteiger partial charge is 0.243 e. The molecule has 0 radical (unpaired) electrons. The number of para-hydroxylation sites is 1. The Morgan fingerprint density at radius 1 is 0.957 bits per heavy atom. The van der Waals surface area contributed by atoms with Crippen LogP contribution in [0.15, 0.2) is 53.4 Å². The first-order chi connectivity index (χ1) is 11.1. The summed E-state index contributed by atoms with van der Waals surface area (Å²) in [5, 5.41) is 3.22. The van der Waals surface area contributed by atoms with Crippen molar-refractivity contribution in [1.82, 2.24) is 9.62 Å². The van der Waals surface area contributed by atoms with E-state index in [4.69, 9.17) is 5.73 Å². The number of hydrogen-bond acceptors (Lipinski definition) is 4. The van der Waals surface area contributed by atoms with Crippen LogP contribution in [-0.2, 0) is 10.0 Å². The molecule has 1 fully saturated rings. The summed E-state index contributed by atoms with van der Waals surface area (Å²) >= 11 is 0. The highest BCUT2D eigenvalue weighted by Gasteiger charge is 2.24. The molecule has 1 saturated heterocycles. The van der Waals surface area contributed by atoms with E-state index in [0.717, 1.165) is 24.1 Å². The maximum Gasteiger partial charge on any atom is 0.243 e. The minimum absolute atomic E-state index is 0.331. The van der Waals surface area contributed by atoms with Gasteiger partial charge in [0.15, 0.2) is 0 Å². The molecule has 5 nitrogen and oxygen atoms in total. The van der Waals surface area contributed by atoms with Crippen LogP contribution in [0.2, 0.25) is 0 Å². The van der Waals surface area contributed by atoms with Crippen LogP contribution in [0.5, 0.6) is 0 Å². The molecule has 0 spiro atoms. The lowest BCUT2D eigenvalue weighted by Crippen LogP contribution is -2.34. The van der Waals surface area contributed by atoms with E-state index in [1.54, 1.807) is 16.4 Å². The number of benzene rings is 2. The molecular formula is C17H21N3O2S. The molecule has 1 aliphatic rings. The second-order valence-corrected chi connectivity index (χ2v) is 7.56. The van der Waals surface area contributed by atoms with Crippen molar-refractivity contribution in [1.29, 1.82) is 0 Å². The van der Waals surface area contributed by atoms with E-state index >= 15 is 0 Å². The summed E-state index contributed by atoms with van der Waals surface area (Å²) in [6.07, 6.45) is 0.831. The SMILES string of the molecule is Nc1ccccc1-c1ccc(S(=O)(=O)N2CCCNCC2)cc1. The molecule has 2 aromatic carbocycles. The van der Waals surface area contributed by atoms with Gasteiger partial charge in [0.05, 0.1) is 4.90 Å². The van der Waals surface area contributed by atoms with Crippen molar-refractivity contribution in [2.24, 2.45) is 0 Å². The number of nitrogens with zero attached hydrogens (tertiary/aromatic N) is 1. The van der Waals surface area contributed by atoms with E-state index in [0.29, 0.717) is 30.2 Å². The zero-order valence-corrected chi connectivity index (χ0v) is 13.7. The Bertz CT molecular complexity index is 765. The quantitative estimate of drug-likeness (QED) is 0.843. The summed E-state index contributed by atoms with van der Waals surface area (Å²) in [4.78, 5) is 0.331. The van der Waals surface area contributed by atoms with E-state index in [-0.39, 0.29) is 0 Å². The first kappa shape index (κ1) is 16.0. The number of sulfonamides is 1. The molecule has 0 bridgehead atoms. The lowest BCUT2D eigenvalue weighted by atomic mass is 10.0. The molecule has 1 aliphatic heterocycles. The number of nitrogens with one attached hydrogen (secondary N) is 1. The lowest BCUT2D eigenvalue weighted by Gasteiger charge is -2.19. The number of nitrogens with two attached hydrogens (primary N) is 1. The van der Waals surface area contributed by atoms with E-state index < -0.39 is 10.0 Å². The van der Waals surface area contributed by atoms with E-state index in [1.165, 1.54) is 0 Å². The fourth-order valence-corrected chi connectivity index (χ4v) is 4.26. The second-order valence-electron chi connectivity index (χ2n) is 5.62. The van der Waals surface area contributed by atoms with Crippen LogP contribution in [0.1, 0.15) is 6.42 Å². The summed E-state index contributed by atoms with van der Waals surface area (Å²) in [5.74, 6) is 0. The average Bonchev–Trinajstić information content (AvgIpc) is 2.85. The molecule has 0 amide bonds. The first-order valence-electron chi connectivity index (χ1n) is 7.75. The van der Waals surface area contributed by atoms with E-state index in [1.807, 2.05) is 36.4 Å². The van der Waals surface area contributed by atoms with Crippen molar-refractivity contribution < 1.29 is 8.42 Å². The van der Waals surface area contributed by atoms with Crippen LogP contribution in [0, 0.1) is 0 Å². The van der Waals surface area contributed by atoms with Gasteiger partial charge < -0.3 is 11.1 Å². The normalized spacial score (nSPS) is 16.9. The Kier molecular flexibility index (Phi) is 4.66. The standard InChI is InChI=1S/C17H21N3O2S/c18-17-5-2-1-4-16(17)14-6-8-15(9-7-14)23(21,22)20-12-3-10-19-11-13-20/h1-2,4-9,19H,3,10-13,18H2. The Balaban J connectivity index is 1.88. The zero-order chi connectivity index (χ0) is 16.3.